The molecule has 106 valence electrons. The summed E-state index contributed by atoms with van der Waals surface area (Å²) in [7, 11) is 0. The molecule has 2 aromatic rings. The van der Waals surface area contributed by atoms with Gasteiger partial charge in [0.25, 0.3) is 0 Å². The van der Waals surface area contributed by atoms with Crippen LogP contribution >= 0.6 is 0 Å². The van der Waals surface area contributed by atoms with Gasteiger partial charge in [-0.2, -0.15) is 0 Å². The van der Waals surface area contributed by atoms with Crippen LogP contribution < -0.4 is 5.32 Å². The van der Waals surface area contributed by atoms with Crippen molar-refractivity contribution in [1.29, 1.82) is 0 Å². The SMILES string of the molecule is CCC(CO)NC(C)c1ccc(-c2ccccc2)cc1. The van der Waals surface area contributed by atoms with Crippen LogP contribution in [0.25, 0.3) is 11.1 Å². The van der Waals surface area contributed by atoms with Crippen LogP contribution in [0.2, 0.25) is 0 Å². The van der Waals surface area contributed by atoms with Crippen molar-refractivity contribution >= 4 is 0 Å². The molecule has 20 heavy (non-hydrogen) atoms. The molecule has 0 heterocycles. The van der Waals surface area contributed by atoms with Gasteiger partial charge in [-0.05, 0) is 30.0 Å². The molecule has 0 radical (unpaired) electrons. The van der Waals surface area contributed by atoms with Gasteiger partial charge in [-0.3, -0.25) is 0 Å². The van der Waals surface area contributed by atoms with Gasteiger partial charge < -0.3 is 10.4 Å². The summed E-state index contributed by atoms with van der Waals surface area (Å²) in [5.74, 6) is 0. The highest BCUT2D eigenvalue weighted by molar-refractivity contribution is 5.63. The first-order chi connectivity index (χ1) is 9.74. The van der Waals surface area contributed by atoms with Crippen molar-refractivity contribution in [3.8, 4) is 11.1 Å². The largest absolute Gasteiger partial charge is 0.395 e. The van der Waals surface area contributed by atoms with E-state index >= 15 is 0 Å². The fraction of sp³-hybridized carbons (Fsp3) is 0.333. The zero-order valence-electron chi connectivity index (χ0n) is 12.2. The van der Waals surface area contributed by atoms with E-state index in [1.165, 1.54) is 16.7 Å². The fourth-order valence-corrected chi connectivity index (χ4v) is 2.34. The van der Waals surface area contributed by atoms with Crippen molar-refractivity contribution in [1.82, 2.24) is 5.32 Å². The highest BCUT2D eigenvalue weighted by atomic mass is 16.3. The molecule has 2 rings (SSSR count). The van der Waals surface area contributed by atoms with E-state index in [0.717, 1.165) is 6.42 Å². The molecule has 0 aliphatic heterocycles. The van der Waals surface area contributed by atoms with Crippen LogP contribution in [0.15, 0.2) is 54.6 Å². The second kappa shape index (κ2) is 7.22. The Kier molecular flexibility index (Phi) is 5.33. The van der Waals surface area contributed by atoms with E-state index in [2.05, 4.69) is 67.7 Å². The van der Waals surface area contributed by atoms with Crippen molar-refractivity contribution in [2.45, 2.75) is 32.4 Å². The van der Waals surface area contributed by atoms with Gasteiger partial charge in [0.2, 0.25) is 0 Å². The first kappa shape index (κ1) is 14.8. The van der Waals surface area contributed by atoms with Crippen LogP contribution in [0.1, 0.15) is 31.9 Å². The minimum absolute atomic E-state index is 0.166. The third-order valence-corrected chi connectivity index (χ3v) is 3.72. The molecule has 0 fully saturated rings. The van der Waals surface area contributed by atoms with Gasteiger partial charge in [0.1, 0.15) is 0 Å². The predicted octanol–water partition coefficient (Wildman–Crippen LogP) is 3.78. The van der Waals surface area contributed by atoms with Gasteiger partial charge in [0.15, 0.2) is 0 Å². The first-order valence-corrected chi connectivity index (χ1v) is 7.27. The smallest absolute Gasteiger partial charge is 0.0584 e. The average molecular weight is 269 g/mol. The first-order valence-electron chi connectivity index (χ1n) is 7.27. The van der Waals surface area contributed by atoms with Crippen LogP contribution in [-0.4, -0.2) is 17.8 Å². The van der Waals surface area contributed by atoms with E-state index in [1.807, 2.05) is 6.07 Å². The summed E-state index contributed by atoms with van der Waals surface area (Å²) in [5.41, 5.74) is 3.72. The Morgan fingerprint density at radius 1 is 0.950 bits per heavy atom. The number of benzene rings is 2. The zero-order chi connectivity index (χ0) is 14.4. The number of nitrogens with one attached hydrogen (secondary N) is 1. The highest BCUT2D eigenvalue weighted by Crippen LogP contribution is 2.22. The van der Waals surface area contributed by atoms with Crippen LogP contribution in [0.4, 0.5) is 0 Å². The van der Waals surface area contributed by atoms with E-state index in [9.17, 15) is 5.11 Å². The van der Waals surface area contributed by atoms with E-state index in [1.54, 1.807) is 0 Å². The van der Waals surface area contributed by atoms with E-state index in [-0.39, 0.29) is 18.7 Å². The van der Waals surface area contributed by atoms with Gasteiger partial charge in [-0.25, -0.2) is 0 Å². The molecule has 2 heteroatoms. The molecule has 0 aromatic heterocycles. The summed E-state index contributed by atoms with van der Waals surface area (Å²) in [6.07, 6.45) is 0.933. The van der Waals surface area contributed by atoms with Crippen LogP contribution in [0, 0.1) is 0 Å². The number of aliphatic hydroxyl groups is 1. The Balaban J connectivity index is 2.08. The van der Waals surface area contributed by atoms with Crippen molar-refractivity contribution in [2.24, 2.45) is 0 Å². The predicted molar refractivity (Wildman–Crippen MR) is 84.6 cm³/mol. The molecule has 2 aromatic carbocycles. The van der Waals surface area contributed by atoms with E-state index in [0.29, 0.717) is 0 Å². The lowest BCUT2D eigenvalue weighted by Crippen LogP contribution is -2.33. The molecule has 0 saturated carbocycles. The van der Waals surface area contributed by atoms with Crippen molar-refractivity contribution < 1.29 is 5.11 Å². The average Bonchev–Trinajstić information content (AvgIpc) is 2.53. The maximum atomic E-state index is 9.25. The lowest BCUT2D eigenvalue weighted by atomic mass is 10.0. The van der Waals surface area contributed by atoms with Crippen molar-refractivity contribution in [3.05, 3.63) is 60.2 Å². The van der Waals surface area contributed by atoms with Crippen LogP contribution in [0.3, 0.4) is 0 Å². The number of hydrogen-bond donors (Lipinski definition) is 2. The zero-order valence-corrected chi connectivity index (χ0v) is 12.2. The van der Waals surface area contributed by atoms with Crippen LogP contribution in [0.5, 0.6) is 0 Å². The summed E-state index contributed by atoms with van der Waals surface area (Å²) >= 11 is 0. The molecule has 0 saturated heterocycles. The molecular weight excluding hydrogens is 246 g/mol. The summed E-state index contributed by atoms with van der Waals surface area (Å²) < 4.78 is 0. The normalized spacial score (nSPS) is 13.9. The minimum Gasteiger partial charge on any atom is -0.395 e. The Morgan fingerprint density at radius 2 is 1.55 bits per heavy atom. The number of rotatable bonds is 6. The van der Waals surface area contributed by atoms with Gasteiger partial charge in [-0.15, -0.1) is 0 Å². The molecule has 2 unspecified atom stereocenters. The molecule has 2 N–H and O–H groups in total. The molecule has 0 aliphatic carbocycles. The molecule has 2 nitrogen and oxygen atoms in total. The van der Waals surface area contributed by atoms with Gasteiger partial charge in [0, 0.05) is 12.1 Å². The molecule has 0 spiro atoms. The van der Waals surface area contributed by atoms with E-state index in [4.69, 9.17) is 0 Å². The van der Waals surface area contributed by atoms with Crippen LogP contribution in [-0.2, 0) is 0 Å². The molecule has 0 aliphatic rings. The molecular formula is C18H23NO. The number of hydrogen-bond acceptors (Lipinski definition) is 2. The van der Waals surface area contributed by atoms with Gasteiger partial charge in [-0.1, -0.05) is 61.5 Å². The Labute approximate surface area is 121 Å². The highest BCUT2D eigenvalue weighted by Gasteiger charge is 2.10. The third kappa shape index (κ3) is 3.69. The summed E-state index contributed by atoms with van der Waals surface area (Å²) in [6, 6.07) is 19.4. The summed E-state index contributed by atoms with van der Waals surface area (Å²) in [5, 5.41) is 12.7. The fourth-order valence-electron chi connectivity index (χ4n) is 2.34. The van der Waals surface area contributed by atoms with Crippen molar-refractivity contribution in [3.63, 3.8) is 0 Å². The van der Waals surface area contributed by atoms with Crippen molar-refractivity contribution in [2.75, 3.05) is 6.61 Å². The monoisotopic (exact) mass is 269 g/mol. The Morgan fingerprint density at radius 3 is 2.10 bits per heavy atom. The molecule has 2 atom stereocenters. The van der Waals surface area contributed by atoms with Gasteiger partial charge >= 0.3 is 0 Å². The quantitative estimate of drug-likeness (QED) is 0.836. The maximum absolute atomic E-state index is 9.25. The lowest BCUT2D eigenvalue weighted by Gasteiger charge is -2.21. The molecule has 0 bridgehead atoms. The molecule has 0 amide bonds. The lowest BCUT2D eigenvalue weighted by molar-refractivity contribution is 0.230. The standard InChI is InChI=1S/C18H23NO/c1-3-18(13-20)19-14(2)15-9-11-17(12-10-15)16-7-5-4-6-8-16/h4-12,14,18-20H,3,13H2,1-2H3. The third-order valence-electron chi connectivity index (χ3n) is 3.72. The topological polar surface area (TPSA) is 32.3 Å². The maximum Gasteiger partial charge on any atom is 0.0584 e. The summed E-state index contributed by atoms with van der Waals surface area (Å²) in [4.78, 5) is 0. The second-order valence-corrected chi connectivity index (χ2v) is 5.16. The minimum atomic E-state index is 0.166. The van der Waals surface area contributed by atoms with Gasteiger partial charge in [0.05, 0.1) is 6.61 Å². The Hall–Kier alpha value is -1.64. The second-order valence-electron chi connectivity index (χ2n) is 5.16. The summed E-state index contributed by atoms with van der Waals surface area (Å²) in [6.45, 7) is 4.40. The number of aliphatic hydroxyl groups excluding tert-OH is 1. The Bertz CT molecular complexity index is 503. The van der Waals surface area contributed by atoms with E-state index < -0.39 is 0 Å².